The molecule has 0 unspecified atom stereocenters. The normalized spacial score (nSPS) is 11.4. The van der Waals surface area contributed by atoms with E-state index in [1.54, 1.807) is 0 Å². The van der Waals surface area contributed by atoms with E-state index >= 15 is 0 Å². The fraction of sp³-hybridized carbons (Fsp3) is 0.400. The number of halogens is 2. The van der Waals surface area contributed by atoms with Crippen molar-refractivity contribution in [1.29, 1.82) is 0 Å². The fourth-order valence-electron chi connectivity index (χ4n) is 1.48. The molecule has 0 nitrogen and oxygen atoms in total. The number of hydrogen-bond acceptors (Lipinski definition) is 0. The Labute approximate surface area is 87.2 Å². The molecule has 4 heteroatoms. The minimum Gasteiger partial charge on any atom is -0.207 e. The SMILES string of the molecule is C[Si](C)c1cc(F)cc(F)c1[Si](C)C. The van der Waals surface area contributed by atoms with Crippen LogP contribution in [0.1, 0.15) is 0 Å². The van der Waals surface area contributed by atoms with Gasteiger partial charge in [0.1, 0.15) is 11.6 Å². The topological polar surface area (TPSA) is 0 Å². The minimum atomic E-state index is -0.849. The average molecular weight is 228 g/mol. The molecule has 2 radical (unpaired) electrons. The quantitative estimate of drug-likeness (QED) is 0.678. The Hall–Kier alpha value is -0.486. The molecular weight excluding hydrogens is 214 g/mol. The Balaban J connectivity index is 3.37. The van der Waals surface area contributed by atoms with Gasteiger partial charge in [-0.3, -0.25) is 0 Å². The molecule has 0 saturated carbocycles. The Bertz CT molecular complexity index is 335. The molecule has 0 aromatic heterocycles. The highest BCUT2D eigenvalue weighted by atomic mass is 28.3. The molecule has 0 fully saturated rings. The zero-order valence-corrected chi connectivity index (χ0v) is 10.9. The first-order valence-corrected chi connectivity index (χ1v) is 9.53. The molecule has 0 aliphatic rings. The molecule has 76 valence electrons. The lowest BCUT2D eigenvalue weighted by molar-refractivity contribution is 0.589. The predicted molar refractivity (Wildman–Crippen MR) is 60.6 cm³/mol. The van der Waals surface area contributed by atoms with Gasteiger partial charge in [-0.1, -0.05) is 31.4 Å². The van der Waals surface area contributed by atoms with Crippen LogP contribution >= 0.6 is 0 Å². The largest absolute Gasteiger partial charge is 0.207 e. The van der Waals surface area contributed by atoms with Crippen LogP contribution in [0.5, 0.6) is 0 Å². The van der Waals surface area contributed by atoms with Crippen LogP contribution in [0.4, 0.5) is 8.78 Å². The van der Waals surface area contributed by atoms with Crippen molar-refractivity contribution in [2.24, 2.45) is 0 Å². The van der Waals surface area contributed by atoms with Gasteiger partial charge in [-0.05, 0) is 11.3 Å². The van der Waals surface area contributed by atoms with Crippen molar-refractivity contribution in [3.8, 4) is 0 Å². The van der Waals surface area contributed by atoms with Gasteiger partial charge in [0.2, 0.25) is 0 Å². The fourth-order valence-corrected chi connectivity index (χ4v) is 5.18. The number of rotatable bonds is 2. The molecular formula is C10H14F2Si2. The third-order valence-electron chi connectivity index (χ3n) is 2.09. The van der Waals surface area contributed by atoms with Gasteiger partial charge in [-0.2, -0.15) is 0 Å². The van der Waals surface area contributed by atoms with E-state index in [1.165, 1.54) is 6.07 Å². The molecule has 14 heavy (non-hydrogen) atoms. The maximum absolute atomic E-state index is 13.5. The Morgan fingerprint density at radius 3 is 1.93 bits per heavy atom. The third-order valence-corrected chi connectivity index (χ3v) is 5.32. The van der Waals surface area contributed by atoms with E-state index in [2.05, 4.69) is 13.1 Å². The van der Waals surface area contributed by atoms with Crippen molar-refractivity contribution in [2.45, 2.75) is 26.2 Å². The zero-order valence-electron chi connectivity index (χ0n) is 8.91. The Kier molecular flexibility index (Phi) is 3.61. The highest BCUT2D eigenvalue weighted by Crippen LogP contribution is 2.01. The van der Waals surface area contributed by atoms with Crippen molar-refractivity contribution in [3.63, 3.8) is 0 Å². The summed E-state index contributed by atoms with van der Waals surface area (Å²) in [4.78, 5) is 0. The predicted octanol–water partition coefficient (Wildman–Crippen LogP) is 1.89. The summed E-state index contributed by atoms with van der Waals surface area (Å²) >= 11 is 0. The second-order valence-corrected chi connectivity index (χ2v) is 8.85. The standard InChI is InChI=1S/C10H14F2Si2/c1-13(2)9-6-7(11)5-8(12)10(9)14(3)4/h5-6H,1-4H3. The van der Waals surface area contributed by atoms with E-state index in [4.69, 9.17) is 0 Å². The van der Waals surface area contributed by atoms with E-state index in [1.807, 2.05) is 13.1 Å². The first-order chi connectivity index (χ1) is 6.43. The van der Waals surface area contributed by atoms with Gasteiger partial charge in [0.05, 0.1) is 17.6 Å². The second kappa shape index (κ2) is 4.36. The minimum absolute atomic E-state index is 0.356. The van der Waals surface area contributed by atoms with Crippen molar-refractivity contribution in [3.05, 3.63) is 23.8 Å². The van der Waals surface area contributed by atoms with Crippen LogP contribution < -0.4 is 10.4 Å². The van der Waals surface area contributed by atoms with Gasteiger partial charge in [0, 0.05) is 6.07 Å². The molecule has 0 N–H and O–H groups in total. The Morgan fingerprint density at radius 2 is 1.50 bits per heavy atom. The lowest BCUT2D eigenvalue weighted by Gasteiger charge is -2.15. The number of benzene rings is 1. The molecule has 0 amide bonds. The second-order valence-electron chi connectivity index (χ2n) is 3.81. The first-order valence-electron chi connectivity index (χ1n) is 4.53. The molecule has 1 rings (SSSR count). The van der Waals surface area contributed by atoms with Crippen molar-refractivity contribution >= 4 is 28.0 Å². The summed E-state index contributed by atoms with van der Waals surface area (Å²) in [6.07, 6.45) is 0. The van der Waals surface area contributed by atoms with Gasteiger partial charge < -0.3 is 0 Å². The molecule has 0 spiro atoms. The third kappa shape index (κ3) is 2.30. The van der Waals surface area contributed by atoms with Gasteiger partial charge >= 0.3 is 0 Å². The van der Waals surface area contributed by atoms with Gasteiger partial charge in [0.25, 0.3) is 0 Å². The summed E-state index contributed by atoms with van der Waals surface area (Å²) in [5.74, 6) is -0.805. The van der Waals surface area contributed by atoms with E-state index in [-0.39, 0.29) is 5.82 Å². The van der Waals surface area contributed by atoms with Gasteiger partial charge in [0.15, 0.2) is 0 Å². The van der Waals surface area contributed by atoms with Crippen LogP contribution in [0, 0.1) is 11.6 Å². The summed E-state index contributed by atoms with van der Waals surface area (Å²) < 4.78 is 26.5. The molecule has 0 aliphatic carbocycles. The summed E-state index contributed by atoms with van der Waals surface area (Å²) in [7, 11) is -1.63. The highest BCUT2D eigenvalue weighted by Gasteiger charge is 2.17. The van der Waals surface area contributed by atoms with E-state index in [9.17, 15) is 8.78 Å². The van der Waals surface area contributed by atoms with Crippen molar-refractivity contribution in [1.82, 2.24) is 0 Å². The molecule has 0 heterocycles. The van der Waals surface area contributed by atoms with E-state index < -0.39 is 23.4 Å². The smallest absolute Gasteiger partial charge is 0.125 e. The molecule has 0 saturated heterocycles. The first kappa shape index (κ1) is 11.6. The van der Waals surface area contributed by atoms with Crippen LogP contribution in [-0.2, 0) is 0 Å². The lowest BCUT2D eigenvalue weighted by Crippen LogP contribution is -2.46. The average Bonchev–Trinajstić information content (AvgIpc) is 2.01. The summed E-state index contributed by atoms with van der Waals surface area (Å²) in [6.45, 7) is 8.20. The molecule has 0 atom stereocenters. The zero-order chi connectivity index (χ0) is 10.9. The van der Waals surface area contributed by atoms with Crippen LogP contribution in [0.25, 0.3) is 0 Å². The van der Waals surface area contributed by atoms with Crippen molar-refractivity contribution in [2.75, 3.05) is 0 Å². The van der Waals surface area contributed by atoms with Gasteiger partial charge in [-0.15, -0.1) is 0 Å². The van der Waals surface area contributed by atoms with E-state index in [0.717, 1.165) is 16.4 Å². The highest BCUT2D eigenvalue weighted by molar-refractivity contribution is 6.82. The number of hydrogen-bond donors (Lipinski definition) is 0. The van der Waals surface area contributed by atoms with Crippen LogP contribution in [0.3, 0.4) is 0 Å². The monoisotopic (exact) mass is 228 g/mol. The van der Waals surface area contributed by atoms with Crippen LogP contribution in [0.2, 0.25) is 26.2 Å². The maximum Gasteiger partial charge on any atom is 0.125 e. The van der Waals surface area contributed by atoms with Crippen LogP contribution in [-0.4, -0.2) is 17.6 Å². The molecule has 1 aromatic rings. The Morgan fingerprint density at radius 1 is 0.929 bits per heavy atom. The summed E-state index contributed by atoms with van der Waals surface area (Å²) in [5.41, 5.74) is 0. The molecule has 0 aliphatic heterocycles. The van der Waals surface area contributed by atoms with Crippen LogP contribution in [0.15, 0.2) is 12.1 Å². The summed E-state index contributed by atoms with van der Waals surface area (Å²) in [5, 5.41) is 1.71. The van der Waals surface area contributed by atoms with E-state index in [0.29, 0.717) is 0 Å². The molecule has 0 bridgehead atoms. The lowest BCUT2D eigenvalue weighted by atomic mass is 10.3. The maximum atomic E-state index is 13.5. The summed E-state index contributed by atoms with van der Waals surface area (Å²) in [6, 6.07) is 2.51. The molecule has 1 aromatic carbocycles. The van der Waals surface area contributed by atoms with Crippen molar-refractivity contribution < 1.29 is 8.78 Å². The van der Waals surface area contributed by atoms with Gasteiger partial charge in [-0.25, -0.2) is 8.78 Å².